The summed E-state index contributed by atoms with van der Waals surface area (Å²) in [5.74, 6) is 0. The third-order valence-electron chi connectivity index (χ3n) is 3.65. The molecule has 0 aliphatic carbocycles. The summed E-state index contributed by atoms with van der Waals surface area (Å²) in [7, 11) is 0. The Morgan fingerprint density at radius 2 is 2.00 bits per heavy atom. The molecule has 2 nitrogen and oxygen atoms in total. The van der Waals surface area contributed by atoms with E-state index in [1.807, 2.05) is 13.0 Å². The monoisotopic (exact) mass is 214 g/mol. The van der Waals surface area contributed by atoms with Crippen LogP contribution in [-0.4, -0.2) is 13.1 Å². The second kappa shape index (κ2) is 4.27. The summed E-state index contributed by atoms with van der Waals surface area (Å²) in [6, 6.07) is 8.59. The van der Waals surface area contributed by atoms with Gasteiger partial charge in [0.05, 0.1) is 11.6 Å². The van der Waals surface area contributed by atoms with Gasteiger partial charge in [-0.05, 0) is 55.5 Å². The van der Waals surface area contributed by atoms with Gasteiger partial charge in [-0.3, -0.25) is 0 Å². The van der Waals surface area contributed by atoms with Gasteiger partial charge in [0, 0.05) is 0 Å². The number of hydrogen-bond acceptors (Lipinski definition) is 2. The van der Waals surface area contributed by atoms with E-state index < -0.39 is 0 Å². The molecule has 0 unspecified atom stereocenters. The van der Waals surface area contributed by atoms with Crippen molar-refractivity contribution < 1.29 is 0 Å². The molecule has 1 N–H and O–H groups in total. The van der Waals surface area contributed by atoms with Gasteiger partial charge in [-0.2, -0.15) is 5.26 Å². The first-order valence-corrected chi connectivity index (χ1v) is 5.88. The number of piperidine rings is 1. The predicted molar refractivity (Wildman–Crippen MR) is 65.3 cm³/mol. The van der Waals surface area contributed by atoms with Gasteiger partial charge in [-0.15, -0.1) is 0 Å². The second-order valence-electron chi connectivity index (χ2n) is 4.97. The average molecular weight is 214 g/mol. The van der Waals surface area contributed by atoms with Crippen molar-refractivity contribution in [3.63, 3.8) is 0 Å². The minimum atomic E-state index is 0.171. The predicted octanol–water partition coefficient (Wildman–Crippen LogP) is 2.51. The standard InChI is InChI=1S/C14H18N2/c1-11-3-4-13(12(9-11)10-15)14(2)5-7-16-8-6-14/h3-4,9,16H,5-8H2,1-2H3. The highest BCUT2D eigenvalue weighted by atomic mass is 14.9. The van der Waals surface area contributed by atoms with Crippen molar-refractivity contribution in [1.29, 1.82) is 5.26 Å². The van der Waals surface area contributed by atoms with E-state index >= 15 is 0 Å². The summed E-state index contributed by atoms with van der Waals surface area (Å²) in [5, 5.41) is 12.6. The fourth-order valence-corrected chi connectivity index (χ4v) is 2.52. The molecule has 2 rings (SSSR count). The van der Waals surface area contributed by atoms with Crippen molar-refractivity contribution in [2.45, 2.75) is 32.1 Å². The first kappa shape index (κ1) is 11.2. The molecule has 0 spiro atoms. The molecule has 0 amide bonds. The summed E-state index contributed by atoms with van der Waals surface area (Å²) in [6.45, 7) is 6.42. The summed E-state index contributed by atoms with van der Waals surface area (Å²) in [6.07, 6.45) is 2.23. The molecule has 1 aromatic rings. The molecule has 0 radical (unpaired) electrons. The Morgan fingerprint density at radius 1 is 1.31 bits per heavy atom. The zero-order valence-electron chi connectivity index (χ0n) is 10.0. The summed E-state index contributed by atoms with van der Waals surface area (Å²) >= 11 is 0. The van der Waals surface area contributed by atoms with E-state index in [9.17, 15) is 5.26 Å². The number of aryl methyl sites for hydroxylation is 1. The van der Waals surface area contributed by atoms with Crippen LogP contribution in [0.1, 0.15) is 36.5 Å². The third-order valence-corrected chi connectivity index (χ3v) is 3.65. The van der Waals surface area contributed by atoms with Gasteiger partial charge in [0.25, 0.3) is 0 Å². The van der Waals surface area contributed by atoms with E-state index in [4.69, 9.17) is 0 Å². The van der Waals surface area contributed by atoms with Crippen LogP contribution in [0.4, 0.5) is 0 Å². The number of nitrogens with zero attached hydrogens (tertiary/aromatic N) is 1. The molecule has 0 aromatic heterocycles. The van der Waals surface area contributed by atoms with E-state index in [0.717, 1.165) is 37.1 Å². The van der Waals surface area contributed by atoms with Crippen LogP contribution in [0.15, 0.2) is 18.2 Å². The first-order valence-electron chi connectivity index (χ1n) is 5.88. The van der Waals surface area contributed by atoms with Gasteiger partial charge in [0.2, 0.25) is 0 Å². The quantitative estimate of drug-likeness (QED) is 0.779. The van der Waals surface area contributed by atoms with Crippen LogP contribution in [0.5, 0.6) is 0 Å². The molecule has 1 heterocycles. The van der Waals surface area contributed by atoms with Crippen LogP contribution in [0, 0.1) is 18.3 Å². The second-order valence-corrected chi connectivity index (χ2v) is 4.97. The molecule has 2 heteroatoms. The average Bonchev–Trinajstić information content (AvgIpc) is 2.29. The normalized spacial score (nSPS) is 19.1. The van der Waals surface area contributed by atoms with Crippen molar-refractivity contribution in [3.05, 3.63) is 34.9 Å². The number of nitriles is 1. The Hall–Kier alpha value is -1.33. The summed E-state index contributed by atoms with van der Waals surface area (Å²) < 4.78 is 0. The van der Waals surface area contributed by atoms with E-state index in [1.54, 1.807) is 0 Å². The zero-order valence-corrected chi connectivity index (χ0v) is 10.0. The fourth-order valence-electron chi connectivity index (χ4n) is 2.52. The van der Waals surface area contributed by atoms with Crippen molar-refractivity contribution in [2.75, 3.05) is 13.1 Å². The van der Waals surface area contributed by atoms with Gasteiger partial charge < -0.3 is 5.32 Å². The molecule has 1 saturated heterocycles. The number of benzene rings is 1. The van der Waals surface area contributed by atoms with Crippen LogP contribution in [-0.2, 0) is 5.41 Å². The Balaban J connectivity index is 2.43. The smallest absolute Gasteiger partial charge is 0.0994 e. The maximum Gasteiger partial charge on any atom is 0.0994 e. The van der Waals surface area contributed by atoms with Crippen molar-refractivity contribution in [3.8, 4) is 6.07 Å². The third kappa shape index (κ3) is 1.96. The van der Waals surface area contributed by atoms with Gasteiger partial charge in [-0.1, -0.05) is 19.1 Å². The van der Waals surface area contributed by atoms with E-state index in [-0.39, 0.29) is 5.41 Å². The Morgan fingerprint density at radius 3 is 2.62 bits per heavy atom. The van der Waals surface area contributed by atoms with Crippen molar-refractivity contribution >= 4 is 0 Å². The summed E-state index contributed by atoms with van der Waals surface area (Å²) in [4.78, 5) is 0. The van der Waals surface area contributed by atoms with Gasteiger partial charge in [0.15, 0.2) is 0 Å². The number of hydrogen-bond donors (Lipinski definition) is 1. The van der Waals surface area contributed by atoms with Crippen molar-refractivity contribution in [2.24, 2.45) is 0 Å². The van der Waals surface area contributed by atoms with Crippen LogP contribution >= 0.6 is 0 Å². The highest BCUT2D eigenvalue weighted by Crippen LogP contribution is 2.35. The SMILES string of the molecule is Cc1ccc(C2(C)CCNCC2)c(C#N)c1. The topological polar surface area (TPSA) is 35.8 Å². The Kier molecular flexibility index (Phi) is 2.98. The lowest BCUT2D eigenvalue weighted by atomic mass is 9.73. The molecular weight excluding hydrogens is 196 g/mol. The van der Waals surface area contributed by atoms with Crippen LogP contribution in [0.2, 0.25) is 0 Å². The molecule has 16 heavy (non-hydrogen) atoms. The largest absolute Gasteiger partial charge is 0.317 e. The van der Waals surface area contributed by atoms with Gasteiger partial charge in [-0.25, -0.2) is 0 Å². The molecule has 1 aliphatic rings. The van der Waals surface area contributed by atoms with E-state index in [1.165, 1.54) is 5.56 Å². The lowest BCUT2D eigenvalue weighted by Crippen LogP contribution is -2.38. The highest BCUT2D eigenvalue weighted by Gasteiger charge is 2.30. The molecule has 1 fully saturated rings. The molecule has 1 aromatic carbocycles. The number of rotatable bonds is 1. The zero-order chi connectivity index (χ0) is 11.6. The van der Waals surface area contributed by atoms with Crippen LogP contribution in [0.25, 0.3) is 0 Å². The molecular formula is C14H18N2. The van der Waals surface area contributed by atoms with E-state index in [0.29, 0.717) is 0 Å². The highest BCUT2D eigenvalue weighted by molar-refractivity contribution is 5.44. The summed E-state index contributed by atoms with van der Waals surface area (Å²) in [5.41, 5.74) is 3.41. The lowest BCUT2D eigenvalue weighted by molar-refractivity contribution is 0.334. The van der Waals surface area contributed by atoms with Gasteiger partial charge >= 0.3 is 0 Å². The molecule has 1 aliphatic heterocycles. The molecule has 84 valence electrons. The Bertz CT molecular complexity index is 423. The van der Waals surface area contributed by atoms with E-state index in [2.05, 4.69) is 30.4 Å². The van der Waals surface area contributed by atoms with Crippen LogP contribution in [0.3, 0.4) is 0 Å². The van der Waals surface area contributed by atoms with Gasteiger partial charge in [0.1, 0.15) is 0 Å². The Labute approximate surface area is 97.3 Å². The fraction of sp³-hybridized carbons (Fsp3) is 0.500. The molecule has 0 saturated carbocycles. The lowest BCUT2D eigenvalue weighted by Gasteiger charge is -2.35. The molecule has 0 atom stereocenters. The van der Waals surface area contributed by atoms with Crippen molar-refractivity contribution in [1.82, 2.24) is 5.32 Å². The van der Waals surface area contributed by atoms with Crippen LogP contribution < -0.4 is 5.32 Å². The maximum atomic E-state index is 9.22. The number of nitrogens with one attached hydrogen (secondary N) is 1. The minimum absolute atomic E-state index is 0.171. The minimum Gasteiger partial charge on any atom is -0.317 e. The molecule has 0 bridgehead atoms. The first-order chi connectivity index (χ1) is 7.65. The maximum absolute atomic E-state index is 9.22.